The second-order valence-electron chi connectivity index (χ2n) is 19.5. The predicted octanol–water partition coefficient (Wildman–Crippen LogP) is 14.2. The van der Waals surface area contributed by atoms with Gasteiger partial charge in [-0.1, -0.05) is 234 Å². The van der Waals surface area contributed by atoms with Crippen molar-refractivity contribution in [3.05, 3.63) is 72.9 Å². The van der Waals surface area contributed by atoms with Crippen LogP contribution in [0.1, 0.15) is 232 Å². The van der Waals surface area contributed by atoms with Gasteiger partial charge in [0.25, 0.3) is 0 Å². The van der Waals surface area contributed by atoms with Gasteiger partial charge in [0, 0.05) is 13.0 Å². The Hall–Kier alpha value is -2.46. The molecule has 1 rings (SSSR count). The van der Waals surface area contributed by atoms with Crippen LogP contribution in [0.5, 0.6) is 0 Å². The number of hydrogen-bond donors (Lipinski definition) is 4. The minimum atomic E-state index is -5.08. The van der Waals surface area contributed by atoms with Gasteiger partial charge in [0.2, 0.25) is 0 Å². The Kier molecular flexibility index (Phi) is 46.4. The van der Waals surface area contributed by atoms with E-state index in [9.17, 15) is 33.1 Å². The molecule has 6 atom stereocenters. The number of rotatable bonds is 50. The first-order valence-corrected chi connectivity index (χ1v) is 30.1. The SMILES string of the molecule is CC/C=C\C/C=C\C/C=C\C/C=C\C/C=C\C/C=C\CCCCCOCC(COC1OC(CO)C(O)C(OS(=O)(=O)O)C1O)OC(=O)CCCCCCCCCCCCCCCCCCCCCCCCC. The second kappa shape index (κ2) is 49.4. The first kappa shape index (κ1) is 67.6. The van der Waals surface area contributed by atoms with Gasteiger partial charge in [0.15, 0.2) is 6.29 Å². The molecule has 72 heavy (non-hydrogen) atoms. The number of aliphatic hydroxyl groups excluding tert-OH is 3. The number of carbonyl (C=O) groups is 1. The summed E-state index contributed by atoms with van der Waals surface area (Å²) < 4.78 is 59.4. The zero-order chi connectivity index (χ0) is 52.4. The smallest absolute Gasteiger partial charge is 0.397 e. The van der Waals surface area contributed by atoms with E-state index < -0.39 is 59.8 Å². The van der Waals surface area contributed by atoms with Crippen molar-refractivity contribution >= 4 is 16.4 Å². The Morgan fingerprint density at radius 1 is 0.542 bits per heavy atom. The molecule has 0 spiro atoms. The van der Waals surface area contributed by atoms with E-state index in [-0.39, 0.29) is 19.6 Å². The van der Waals surface area contributed by atoms with Crippen molar-refractivity contribution in [1.29, 1.82) is 0 Å². The van der Waals surface area contributed by atoms with Crippen molar-refractivity contribution in [2.45, 2.75) is 269 Å². The van der Waals surface area contributed by atoms with E-state index in [1.807, 2.05) is 0 Å². The van der Waals surface area contributed by atoms with Crippen molar-refractivity contribution in [1.82, 2.24) is 0 Å². The fourth-order valence-corrected chi connectivity index (χ4v) is 9.07. The maximum atomic E-state index is 13.0. The van der Waals surface area contributed by atoms with E-state index in [1.54, 1.807) is 0 Å². The highest BCUT2D eigenvalue weighted by atomic mass is 32.3. The van der Waals surface area contributed by atoms with E-state index in [0.29, 0.717) is 13.0 Å². The maximum Gasteiger partial charge on any atom is 0.397 e. The van der Waals surface area contributed by atoms with Gasteiger partial charge in [-0.2, -0.15) is 8.42 Å². The molecule has 0 aromatic heterocycles. The van der Waals surface area contributed by atoms with E-state index in [4.69, 9.17) is 18.9 Å². The lowest BCUT2D eigenvalue weighted by molar-refractivity contribution is -0.301. The Balaban J connectivity index is 2.33. The molecule has 0 saturated carbocycles. The van der Waals surface area contributed by atoms with E-state index in [1.165, 1.54) is 122 Å². The Labute approximate surface area is 439 Å². The number of carbonyl (C=O) groups excluding carboxylic acids is 1. The standard InChI is InChI=1S/C59H104O12S/c1-3-5-7-9-11-13-15-17-19-21-23-25-27-28-30-32-34-36-38-40-42-44-46-48-55(61)69-53(52-68-59-57(63)58(71-72(64,65)66)56(62)54(50-60)70-59)51-67-49-47-45-43-41-39-37-35-33-31-29-26-24-22-20-18-16-14-12-10-8-6-4-2/h6,8,12,14,18,20,24,26,31,33,37,39,53-54,56-60,62-63H,3-5,7,9-11,13,15-17,19,21-23,25,27-30,32,34-36,38,40-52H2,1-2H3,(H,64,65,66)/b8-6-,14-12-,20-18-,26-24-,33-31-,39-37-. The van der Waals surface area contributed by atoms with Gasteiger partial charge in [-0.15, -0.1) is 0 Å². The van der Waals surface area contributed by atoms with E-state index >= 15 is 0 Å². The normalized spacial score (nSPS) is 19.4. The van der Waals surface area contributed by atoms with Crippen LogP contribution in [0.25, 0.3) is 0 Å². The van der Waals surface area contributed by atoms with Gasteiger partial charge in [0.05, 0.1) is 19.8 Å². The molecule has 1 aliphatic heterocycles. The first-order valence-electron chi connectivity index (χ1n) is 28.7. The fraction of sp³-hybridized carbons (Fsp3) is 0.780. The van der Waals surface area contributed by atoms with E-state index in [0.717, 1.165) is 83.5 Å². The quantitative estimate of drug-likeness (QED) is 0.0196. The molecule has 0 aliphatic carbocycles. The van der Waals surface area contributed by atoms with Crippen LogP contribution in [0.15, 0.2) is 72.9 Å². The molecule has 418 valence electrons. The van der Waals surface area contributed by atoms with Crippen molar-refractivity contribution in [2.24, 2.45) is 0 Å². The van der Waals surface area contributed by atoms with Crippen molar-refractivity contribution in [3.63, 3.8) is 0 Å². The summed E-state index contributed by atoms with van der Waals surface area (Å²) in [4.78, 5) is 13.0. The number of aliphatic hydroxyl groups is 3. The van der Waals surface area contributed by atoms with Gasteiger partial charge >= 0.3 is 16.4 Å². The number of ether oxygens (including phenoxy) is 4. The third-order valence-electron chi connectivity index (χ3n) is 12.8. The summed E-state index contributed by atoms with van der Waals surface area (Å²) in [6, 6.07) is 0. The van der Waals surface area contributed by atoms with Gasteiger partial charge in [0.1, 0.15) is 30.5 Å². The molecule has 1 heterocycles. The average molecular weight is 1040 g/mol. The highest BCUT2D eigenvalue weighted by Crippen LogP contribution is 2.26. The van der Waals surface area contributed by atoms with Crippen LogP contribution in [-0.4, -0.2) is 97.5 Å². The molecule has 1 aliphatic rings. The summed E-state index contributed by atoms with van der Waals surface area (Å²) in [6.45, 7) is 3.83. The topological polar surface area (TPSA) is 178 Å². The molecule has 0 aromatic rings. The zero-order valence-electron chi connectivity index (χ0n) is 45.2. The molecular formula is C59H104O12S. The number of allylic oxidation sites excluding steroid dienone is 12. The molecule has 0 radical (unpaired) electrons. The van der Waals surface area contributed by atoms with Crippen LogP contribution < -0.4 is 0 Å². The van der Waals surface area contributed by atoms with Gasteiger partial charge in [-0.25, -0.2) is 4.18 Å². The van der Waals surface area contributed by atoms with Gasteiger partial charge < -0.3 is 34.3 Å². The first-order chi connectivity index (χ1) is 35.1. The summed E-state index contributed by atoms with van der Waals surface area (Å²) in [6.07, 6.45) is 56.6. The summed E-state index contributed by atoms with van der Waals surface area (Å²) in [5.74, 6) is -0.409. The molecule has 13 heteroatoms. The van der Waals surface area contributed by atoms with Crippen LogP contribution in [-0.2, 0) is 38.3 Å². The lowest BCUT2D eigenvalue weighted by Crippen LogP contribution is -2.60. The highest BCUT2D eigenvalue weighted by molar-refractivity contribution is 7.80. The summed E-state index contributed by atoms with van der Waals surface area (Å²) in [5, 5.41) is 30.8. The molecule has 12 nitrogen and oxygen atoms in total. The zero-order valence-corrected chi connectivity index (χ0v) is 46.0. The summed E-state index contributed by atoms with van der Waals surface area (Å²) in [7, 11) is -5.08. The second-order valence-corrected chi connectivity index (χ2v) is 20.6. The molecule has 6 unspecified atom stereocenters. The monoisotopic (exact) mass is 1040 g/mol. The minimum absolute atomic E-state index is 0.0120. The third kappa shape index (κ3) is 41.8. The van der Waals surface area contributed by atoms with Gasteiger partial charge in [-0.3, -0.25) is 9.35 Å². The third-order valence-corrected chi connectivity index (χ3v) is 13.3. The highest BCUT2D eigenvalue weighted by Gasteiger charge is 2.48. The van der Waals surface area contributed by atoms with Crippen LogP contribution in [0, 0.1) is 0 Å². The molecule has 0 bridgehead atoms. The molecule has 0 aromatic carbocycles. The number of hydrogen-bond acceptors (Lipinski definition) is 11. The minimum Gasteiger partial charge on any atom is -0.457 e. The molecule has 0 amide bonds. The largest absolute Gasteiger partial charge is 0.457 e. The molecular weight excluding hydrogens is 933 g/mol. The van der Waals surface area contributed by atoms with Crippen molar-refractivity contribution < 1.29 is 56.2 Å². The lowest BCUT2D eigenvalue weighted by Gasteiger charge is -2.41. The summed E-state index contributed by atoms with van der Waals surface area (Å²) in [5.41, 5.74) is 0. The molecule has 4 N–H and O–H groups in total. The average Bonchev–Trinajstić information content (AvgIpc) is 3.36. The Bertz CT molecular complexity index is 1520. The van der Waals surface area contributed by atoms with Gasteiger partial charge in [-0.05, 0) is 64.2 Å². The maximum absolute atomic E-state index is 13.0. The van der Waals surface area contributed by atoms with Crippen molar-refractivity contribution in [2.75, 3.05) is 26.4 Å². The number of unbranched alkanes of at least 4 members (excludes halogenated alkanes) is 25. The Morgan fingerprint density at radius 2 is 0.958 bits per heavy atom. The predicted molar refractivity (Wildman–Crippen MR) is 294 cm³/mol. The lowest BCUT2D eigenvalue weighted by atomic mass is 9.99. The fourth-order valence-electron chi connectivity index (χ4n) is 8.56. The number of esters is 1. The molecule has 1 saturated heterocycles. The molecule has 1 fully saturated rings. The Morgan fingerprint density at radius 3 is 1.39 bits per heavy atom. The van der Waals surface area contributed by atoms with Crippen LogP contribution in [0.3, 0.4) is 0 Å². The van der Waals surface area contributed by atoms with E-state index in [2.05, 4.69) is 90.9 Å². The summed E-state index contributed by atoms with van der Waals surface area (Å²) >= 11 is 0. The van der Waals surface area contributed by atoms with Crippen molar-refractivity contribution in [3.8, 4) is 0 Å². The van der Waals surface area contributed by atoms with Crippen LogP contribution in [0.4, 0.5) is 0 Å². The van der Waals surface area contributed by atoms with Crippen LogP contribution in [0.2, 0.25) is 0 Å². The van der Waals surface area contributed by atoms with Crippen LogP contribution >= 0.6 is 0 Å².